The maximum Gasteiger partial charge on any atom is 0.229 e. The summed E-state index contributed by atoms with van der Waals surface area (Å²) in [5, 5.41) is 4.54. The maximum absolute atomic E-state index is 11.9. The van der Waals surface area contributed by atoms with Crippen LogP contribution >= 0.6 is 22.7 Å². The number of carbonyl (C=O) groups is 2. The summed E-state index contributed by atoms with van der Waals surface area (Å²) < 4.78 is 0. The Balaban J connectivity index is 1.84. The van der Waals surface area contributed by atoms with Crippen LogP contribution in [0, 0.1) is 5.92 Å². The number of hydrogen-bond acceptors (Lipinski definition) is 5. The number of nitrogens with two attached hydrogens (primary N) is 1. The van der Waals surface area contributed by atoms with Gasteiger partial charge in [0.1, 0.15) is 0 Å². The van der Waals surface area contributed by atoms with Gasteiger partial charge >= 0.3 is 0 Å². The van der Waals surface area contributed by atoms with E-state index in [-0.39, 0.29) is 12.3 Å². The van der Waals surface area contributed by atoms with Crippen LogP contribution in [-0.2, 0) is 9.59 Å². The smallest absolute Gasteiger partial charge is 0.229 e. The number of thiazole rings is 1. The molecule has 2 aromatic rings. The lowest BCUT2D eigenvalue weighted by Crippen LogP contribution is -2.28. The van der Waals surface area contributed by atoms with Gasteiger partial charge in [0.25, 0.3) is 0 Å². The van der Waals surface area contributed by atoms with Crippen molar-refractivity contribution in [1.29, 1.82) is 0 Å². The Bertz CT molecular complexity index is 621. The number of aromatic nitrogens is 1. The van der Waals surface area contributed by atoms with Gasteiger partial charge in [-0.1, -0.05) is 6.07 Å². The number of nitrogens with zero attached hydrogens (tertiary/aromatic N) is 2. The van der Waals surface area contributed by atoms with Gasteiger partial charge in [0.2, 0.25) is 11.8 Å². The van der Waals surface area contributed by atoms with Gasteiger partial charge in [-0.05, 0) is 11.4 Å². The summed E-state index contributed by atoms with van der Waals surface area (Å²) in [5.41, 5.74) is 6.12. The minimum absolute atomic E-state index is 0.0871. The van der Waals surface area contributed by atoms with E-state index in [1.54, 1.807) is 16.2 Å². The first-order chi connectivity index (χ1) is 9.15. The number of rotatable bonds is 3. The van der Waals surface area contributed by atoms with E-state index in [0.717, 1.165) is 10.6 Å². The number of anilines is 1. The van der Waals surface area contributed by atoms with E-state index in [2.05, 4.69) is 4.98 Å². The Kier molecular flexibility index (Phi) is 3.08. The Morgan fingerprint density at radius 2 is 2.32 bits per heavy atom. The zero-order valence-corrected chi connectivity index (χ0v) is 11.5. The largest absolute Gasteiger partial charge is 0.369 e. The molecule has 1 saturated heterocycles. The standard InChI is InChI=1S/C12H11N3O2S2/c13-11(17)7-4-10(16)15(5-7)12-14-8(6-19-12)9-2-1-3-18-9/h1-3,6-7H,4-5H2,(H2,13,17). The highest BCUT2D eigenvalue weighted by Gasteiger charge is 2.35. The molecule has 0 spiro atoms. The van der Waals surface area contributed by atoms with Gasteiger partial charge in [0.05, 0.1) is 16.5 Å². The molecule has 1 aliphatic rings. The minimum atomic E-state index is -0.425. The first-order valence-electron chi connectivity index (χ1n) is 5.74. The Morgan fingerprint density at radius 1 is 1.47 bits per heavy atom. The molecule has 19 heavy (non-hydrogen) atoms. The number of thiophene rings is 1. The number of carbonyl (C=O) groups excluding carboxylic acids is 2. The average molecular weight is 293 g/mol. The molecule has 0 aliphatic carbocycles. The predicted molar refractivity (Wildman–Crippen MR) is 75.1 cm³/mol. The van der Waals surface area contributed by atoms with Crippen LogP contribution in [0.2, 0.25) is 0 Å². The van der Waals surface area contributed by atoms with Gasteiger partial charge in [-0.25, -0.2) is 4.98 Å². The molecule has 2 amide bonds. The summed E-state index contributed by atoms with van der Waals surface area (Å²) in [6.07, 6.45) is 0.184. The normalized spacial score (nSPS) is 19.1. The van der Waals surface area contributed by atoms with Crippen molar-refractivity contribution in [1.82, 2.24) is 4.98 Å². The zero-order chi connectivity index (χ0) is 13.4. The van der Waals surface area contributed by atoms with Gasteiger partial charge < -0.3 is 5.73 Å². The molecule has 0 bridgehead atoms. The molecule has 7 heteroatoms. The third kappa shape index (κ3) is 2.26. The van der Waals surface area contributed by atoms with Crippen molar-refractivity contribution in [3.05, 3.63) is 22.9 Å². The van der Waals surface area contributed by atoms with E-state index in [0.29, 0.717) is 11.7 Å². The quantitative estimate of drug-likeness (QED) is 0.936. The predicted octanol–water partition coefficient (Wildman–Crippen LogP) is 1.71. The van der Waals surface area contributed by atoms with Crippen molar-refractivity contribution in [3.8, 4) is 10.6 Å². The first-order valence-corrected chi connectivity index (χ1v) is 7.50. The fourth-order valence-electron chi connectivity index (χ4n) is 2.01. The van der Waals surface area contributed by atoms with Crippen LogP contribution in [0.3, 0.4) is 0 Å². The van der Waals surface area contributed by atoms with Crippen LogP contribution in [0.4, 0.5) is 5.13 Å². The monoisotopic (exact) mass is 293 g/mol. The van der Waals surface area contributed by atoms with Gasteiger partial charge in [-0.3, -0.25) is 14.5 Å². The van der Waals surface area contributed by atoms with Crippen LogP contribution in [-0.4, -0.2) is 23.3 Å². The van der Waals surface area contributed by atoms with Crippen LogP contribution in [0.1, 0.15) is 6.42 Å². The van der Waals surface area contributed by atoms with E-state index in [9.17, 15) is 9.59 Å². The molecule has 0 saturated carbocycles. The molecule has 1 unspecified atom stereocenters. The van der Waals surface area contributed by atoms with E-state index in [4.69, 9.17) is 5.73 Å². The summed E-state index contributed by atoms with van der Waals surface area (Å²) in [4.78, 5) is 30.1. The van der Waals surface area contributed by atoms with Crippen LogP contribution in [0.25, 0.3) is 10.6 Å². The van der Waals surface area contributed by atoms with Gasteiger partial charge in [0, 0.05) is 18.3 Å². The highest BCUT2D eigenvalue weighted by molar-refractivity contribution is 7.16. The number of hydrogen-bond donors (Lipinski definition) is 1. The SMILES string of the molecule is NC(=O)C1CC(=O)N(c2nc(-c3cccs3)cs2)C1. The molecule has 1 atom stereocenters. The molecule has 0 radical (unpaired) electrons. The summed E-state index contributed by atoms with van der Waals surface area (Å²) in [7, 11) is 0. The molecule has 2 N–H and O–H groups in total. The minimum Gasteiger partial charge on any atom is -0.369 e. The van der Waals surface area contributed by atoms with E-state index >= 15 is 0 Å². The molecule has 3 heterocycles. The second-order valence-corrected chi connectivity index (χ2v) is 6.08. The summed E-state index contributed by atoms with van der Waals surface area (Å²) in [6, 6.07) is 3.95. The fourth-order valence-corrected chi connectivity index (χ4v) is 3.62. The summed E-state index contributed by atoms with van der Waals surface area (Å²) >= 11 is 3.02. The van der Waals surface area contributed by atoms with Gasteiger partial charge in [-0.15, -0.1) is 22.7 Å². The molecular formula is C12H11N3O2S2. The van der Waals surface area contributed by atoms with E-state index in [1.807, 2.05) is 22.9 Å². The Hall–Kier alpha value is -1.73. The average Bonchev–Trinajstić information content (AvgIpc) is 3.07. The summed E-state index contributed by atoms with van der Waals surface area (Å²) in [5.74, 6) is -0.914. The third-order valence-corrected chi connectivity index (χ3v) is 4.78. The first kappa shape index (κ1) is 12.3. The fraction of sp³-hybridized carbons (Fsp3) is 0.250. The topological polar surface area (TPSA) is 76.3 Å². The lowest BCUT2D eigenvalue weighted by molar-refractivity contribution is -0.123. The molecule has 2 aromatic heterocycles. The Morgan fingerprint density at radius 3 is 2.95 bits per heavy atom. The molecule has 0 aromatic carbocycles. The molecule has 3 rings (SSSR count). The maximum atomic E-state index is 11.9. The van der Waals surface area contributed by atoms with Crippen LogP contribution in [0.5, 0.6) is 0 Å². The highest BCUT2D eigenvalue weighted by Crippen LogP contribution is 2.32. The molecule has 98 valence electrons. The highest BCUT2D eigenvalue weighted by atomic mass is 32.1. The van der Waals surface area contributed by atoms with E-state index < -0.39 is 11.8 Å². The van der Waals surface area contributed by atoms with Crippen molar-refractivity contribution in [3.63, 3.8) is 0 Å². The van der Waals surface area contributed by atoms with Crippen LogP contribution < -0.4 is 10.6 Å². The molecular weight excluding hydrogens is 282 g/mol. The van der Waals surface area contributed by atoms with Crippen molar-refractivity contribution < 1.29 is 9.59 Å². The summed E-state index contributed by atoms with van der Waals surface area (Å²) in [6.45, 7) is 0.339. The van der Waals surface area contributed by atoms with Crippen molar-refractivity contribution in [2.24, 2.45) is 11.7 Å². The molecule has 5 nitrogen and oxygen atoms in total. The van der Waals surface area contributed by atoms with E-state index in [1.165, 1.54) is 11.3 Å². The van der Waals surface area contributed by atoms with Crippen molar-refractivity contribution in [2.45, 2.75) is 6.42 Å². The third-order valence-electron chi connectivity index (χ3n) is 3.02. The second-order valence-electron chi connectivity index (χ2n) is 4.30. The second kappa shape index (κ2) is 4.75. The van der Waals surface area contributed by atoms with Gasteiger partial charge in [-0.2, -0.15) is 0 Å². The molecule has 1 fully saturated rings. The zero-order valence-electron chi connectivity index (χ0n) is 9.91. The number of primary amides is 1. The van der Waals surface area contributed by atoms with Crippen molar-refractivity contribution >= 4 is 39.6 Å². The van der Waals surface area contributed by atoms with Crippen molar-refractivity contribution in [2.75, 3.05) is 11.4 Å². The van der Waals surface area contributed by atoms with Crippen LogP contribution in [0.15, 0.2) is 22.9 Å². The Labute approximate surface area is 117 Å². The van der Waals surface area contributed by atoms with Gasteiger partial charge in [0.15, 0.2) is 5.13 Å². The lowest BCUT2D eigenvalue weighted by Gasteiger charge is -2.11. The number of amides is 2. The lowest BCUT2D eigenvalue weighted by atomic mass is 10.1. The molecule has 1 aliphatic heterocycles.